The minimum absolute atomic E-state index is 0.0764. The average Bonchev–Trinajstić information content (AvgIpc) is 3.26. The van der Waals surface area contributed by atoms with Crippen LogP contribution in [-0.4, -0.2) is 54.4 Å². The summed E-state index contributed by atoms with van der Waals surface area (Å²) in [7, 11) is 0. The van der Waals surface area contributed by atoms with E-state index in [0.29, 0.717) is 18.1 Å². The van der Waals surface area contributed by atoms with Gasteiger partial charge in [0.1, 0.15) is 0 Å². The van der Waals surface area contributed by atoms with Crippen molar-refractivity contribution >= 4 is 5.91 Å². The van der Waals surface area contributed by atoms with Crippen molar-refractivity contribution in [1.82, 2.24) is 15.4 Å². The van der Waals surface area contributed by atoms with Gasteiger partial charge in [0.25, 0.3) is 5.91 Å². The van der Waals surface area contributed by atoms with Gasteiger partial charge in [0.15, 0.2) is 11.5 Å². The molecule has 0 atom stereocenters. The summed E-state index contributed by atoms with van der Waals surface area (Å²) in [5, 5.41) is 6.87. The first-order valence-corrected chi connectivity index (χ1v) is 8.38. The van der Waals surface area contributed by atoms with Crippen LogP contribution in [0.2, 0.25) is 0 Å². The Kier molecular flexibility index (Phi) is 4.12. The molecule has 1 N–H and O–H groups in total. The number of aromatic nitrogens is 1. The third-order valence-electron chi connectivity index (χ3n) is 5.05. The molecule has 1 amide bonds. The Morgan fingerprint density at radius 1 is 1.29 bits per heavy atom. The zero-order valence-corrected chi connectivity index (χ0v) is 13.5. The van der Waals surface area contributed by atoms with Crippen molar-refractivity contribution in [2.24, 2.45) is 0 Å². The van der Waals surface area contributed by atoms with Crippen LogP contribution in [0.3, 0.4) is 0 Å². The molecule has 2 aromatic heterocycles. The predicted octanol–water partition coefficient (Wildman–Crippen LogP) is 1.92. The molecule has 7 heteroatoms. The first-order chi connectivity index (χ1) is 11.8. The van der Waals surface area contributed by atoms with E-state index in [0.717, 1.165) is 39.1 Å². The summed E-state index contributed by atoms with van der Waals surface area (Å²) in [6.07, 6.45) is 4.99. The molecule has 0 bridgehead atoms. The van der Waals surface area contributed by atoms with Crippen LogP contribution in [0.4, 0.5) is 0 Å². The molecule has 4 rings (SSSR count). The van der Waals surface area contributed by atoms with Crippen molar-refractivity contribution < 1.29 is 18.5 Å². The summed E-state index contributed by atoms with van der Waals surface area (Å²) in [5.74, 6) is 0.804. The lowest BCUT2D eigenvalue weighted by Gasteiger charge is -2.51. The first kappa shape index (κ1) is 15.4. The molecular weight excluding hydrogens is 310 g/mol. The second-order valence-electron chi connectivity index (χ2n) is 6.41. The van der Waals surface area contributed by atoms with Crippen molar-refractivity contribution in [3.63, 3.8) is 0 Å². The van der Waals surface area contributed by atoms with Crippen LogP contribution in [0.25, 0.3) is 11.5 Å². The van der Waals surface area contributed by atoms with Gasteiger partial charge < -0.3 is 19.0 Å². The number of furan rings is 1. The van der Waals surface area contributed by atoms with Gasteiger partial charge in [-0.2, -0.15) is 0 Å². The summed E-state index contributed by atoms with van der Waals surface area (Å²) in [6, 6.07) is 5.14. The third-order valence-corrected chi connectivity index (χ3v) is 5.05. The van der Waals surface area contributed by atoms with Crippen LogP contribution in [-0.2, 0) is 4.74 Å². The molecule has 7 nitrogen and oxygen atoms in total. The summed E-state index contributed by atoms with van der Waals surface area (Å²) >= 11 is 0. The van der Waals surface area contributed by atoms with Gasteiger partial charge in [-0.1, -0.05) is 5.16 Å². The number of amides is 1. The number of morpholine rings is 1. The molecule has 1 aliphatic carbocycles. The molecule has 2 aromatic rings. The van der Waals surface area contributed by atoms with Gasteiger partial charge in [-0.25, -0.2) is 0 Å². The second kappa shape index (κ2) is 6.41. The largest absolute Gasteiger partial charge is 0.461 e. The number of carbonyl (C=O) groups is 1. The summed E-state index contributed by atoms with van der Waals surface area (Å²) in [4.78, 5) is 14.8. The molecule has 128 valence electrons. The monoisotopic (exact) mass is 331 g/mol. The number of ether oxygens (including phenoxy) is 1. The predicted molar refractivity (Wildman–Crippen MR) is 85.5 cm³/mol. The van der Waals surface area contributed by atoms with E-state index in [1.807, 2.05) is 0 Å². The van der Waals surface area contributed by atoms with Crippen molar-refractivity contribution in [3.05, 3.63) is 30.2 Å². The SMILES string of the molecule is O=C(NCC1(N2CCOCC2)CCC1)c1cc(-c2ccco2)on1. The standard InChI is InChI=1S/C17H21N3O4/c21-16(13-11-15(24-19-13)14-3-1-8-23-14)18-12-17(4-2-5-17)20-6-9-22-10-7-20/h1,3,8,11H,2,4-7,9-10,12H2,(H,18,21). The maximum Gasteiger partial charge on any atom is 0.273 e. The van der Waals surface area contributed by atoms with E-state index in [1.54, 1.807) is 24.5 Å². The Hall–Kier alpha value is -2.12. The van der Waals surface area contributed by atoms with Crippen LogP contribution in [0.1, 0.15) is 29.8 Å². The summed E-state index contributed by atoms with van der Waals surface area (Å²) < 4.78 is 15.9. The van der Waals surface area contributed by atoms with Gasteiger partial charge in [-0.15, -0.1) is 0 Å². The number of nitrogens with zero attached hydrogens (tertiary/aromatic N) is 2. The molecule has 24 heavy (non-hydrogen) atoms. The molecule has 0 aromatic carbocycles. The van der Waals surface area contributed by atoms with Crippen molar-refractivity contribution in [2.75, 3.05) is 32.8 Å². The number of carbonyl (C=O) groups excluding carboxylic acids is 1. The number of hydrogen-bond acceptors (Lipinski definition) is 6. The Labute approximate surface area is 139 Å². The van der Waals surface area contributed by atoms with Gasteiger partial charge in [0.2, 0.25) is 5.76 Å². The number of rotatable bonds is 5. The van der Waals surface area contributed by atoms with Crippen LogP contribution >= 0.6 is 0 Å². The lowest BCUT2D eigenvalue weighted by Crippen LogP contribution is -2.62. The van der Waals surface area contributed by atoms with Crippen LogP contribution in [0, 0.1) is 0 Å². The van der Waals surface area contributed by atoms with Crippen molar-refractivity contribution in [3.8, 4) is 11.5 Å². The van der Waals surface area contributed by atoms with E-state index in [1.165, 1.54) is 6.42 Å². The van der Waals surface area contributed by atoms with Crippen LogP contribution in [0.15, 0.2) is 33.4 Å². The van der Waals surface area contributed by atoms with Gasteiger partial charge in [0, 0.05) is 31.2 Å². The summed E-state index contributed by atoms with van der Waals surface area (Å²) in [5.41, 5.74) is 0.352. The first-order valence-electron chi connectivity index (χ1n) is 8.38. The zero-order chi connectivity index (χ0) is 16.4. The highest BCUT2D eigenvalue weighted by Gasteiger charge is 2.43. The normalized spacial score (nSPS) is 20.5. The van der Waals surface area contributed by atoms with Crippen molar-refractivity contribution in [1.29, 1.82) is 0 Å². The molecule has 3 heterocycles. The third kappa shape index (κ3) is 2.85. The average molecular weight is 331 g/mol. The van der Waals surface area contributed by atoms with Gasteiger partial charge in [-0.05, 0) is 31.4 Å². The Bertz CT molecular complexity index is 685. The summed E-state index contributed by atoms with van der Waals surface area (Å²) in [6.45, 7) is 4.04. The number of hydrogen-bond donors (Lipinski definition) is 1. The molecule has 0 radical (unpaired) electrons. The quantitative estimate of drug-likeness (QED) is 0.901. The Balaban J connectivity index is 1.39. The highest BCUT2D eigenvalue weighted by Crippen LogP contribution is 2.37. The molecule has 1 saturated carbocycles. The van der Waals surface area contributed by atoms with Gasteiger partial charge in [0.05, 0.1) is 19.5 Å². The lowest BCUT2D eigenvalue weighted by atomic mass is 9.75. The molecule has 0 unspecified atom stereocenters. The molecule has 1 saturated heterocycles. The Morgan fingerprint density at radius 3 is 2.79 bits per heavy atom. The fourth-order valence-electron chi connectivity index (χ4n) is 3.48. The lowest BCUT2D eigenvalue weighted by molar-refractivity contribution is -0.0540. The smallest absolute Gasteiger partial charge is 0.273 e. The van der Waals surface area contributed by atoms with Gasteiger partial charge in [-0.3, -0.25) is 9.69 Å². The maximum atomic E-state index is 12.4. The van der Waals surface area contributed by atoms with E-state index in [-0.39, 0.29) is 17.1 Å². The van der Waals surface area contributed by atoms with Crippen molar-refractivity contribution in [2.45, 2.75) is 24.8 Å². The zero-order valence-electron chi connectivity index (χ0n) is 13.5. The molecule has 1 aliphatic heterocycles. The van der Waals surface area contributed by atoms with Crippen LogP contribution in [0.5, 0.6) is 0 Å². The highest BCUT2D eigenvalue weighted by molar-refractivity contribution is 5.93. The van der Waals surface area contributed by atoms with E-state index in [2.05, 4.69) is 15.4 Å². The van der Waals surface area contributed by atoms with Gasteiger partial charge >= 0.3 is 0 Å². The topological polar surface area (TPSA) is 80.7 Å². The van der Waals surface area contributed by atoms with E-state index >= 15 is 0 Å². The Morgan fingerprint density at radius 2 is 2.12 bits per heavy atom. The highest BCUT2D eigenvalue weighted by atomic mass is 16.5. The number of nitrogens with one attached hydrogen (secondary N) is 1. The minimum Gasteiger partial charge on any atom is -0.461 e. The second-order valence-corrected chi connectivity index (χ2v) is 6.41. The molecule has 2 fully saturated rings. The maximum absolute atomic E-state index is 12.4. The van der Waals surface area contributed by atoms with E-state index in [9.17, 15) is 4.79 Å². The molecule has 0 spiro atoms. The van der Waals surface area contributed by atoms with E-state index < -0.39 is 0 Å². The fraction of sp³-hybridized carbons (Fsp3) is 0.529. The molecular formula is C17H21N3O4. The molecule has 2 aliphatic rings. The fourth-order valence-corrected chi connectivity index (χ4v) is 3.48. The van der Waals surface area contributed by atoms with Crippen LogP contribution < -0.4 is 5.32 Å². The minimum atomic E-state index is -0.212. The van der Waals surface area contributed by atoms with E-state index in [4.69, 9.17) is 13.7 Å².